The molecule has 0 aliphatic carbocycles. The van der Waals surface area contributed by atoms with Gasteiger partial charge in [0.15, 0.2) is 0 Å². The molecule has 0 aliphatic rings. The molecule has 2 heterocycles. The fourth-order valence-corrected chi connectivity index (χ4v) is 3.71. The monoisotopic (exact) mass is 282 g/mol. The van der Waals surface area contributed by atoms with Crippen LogP contribution < -0.4 is 0 Å². The van der Waals surface area contributed by atoms with E-state index in [1.165, 1.54) is 29.3 Å². The number of esters is 1. The van der Waals surface area contributed by atoms with Crippen molar-refractivity contribution in [3.8, 4) is 0 Å². The van der Waals surface area contributed by atoms with E-state index in [-0.39, 0.29) is 11.7 Å². The van der Waals surface area contributed by atoms with Crippen molar-refractivity contribution in [3.05, 3.63) is 16.3 Å². The van der Waals surface area contributed by atoms with Crippen molar-refractivity contribution in [2.75, 3.05) is 12.9 Å². The summed E-state index contributed by atoms with van der Waals surface area (Å²) in [4.78, 5) is 22.3. The van der Waals surface area contributed by atoms with Gasteiger partial charge in [0.05, 0.1) is 12.9 Å². The van der Waals surface area contributed by atoms with Gasteiger partial charge in [0.1, 0.15) is 15.7 Å². The zero-order valence-electron chi connectivity index (χ0n) is 10.7. The van der Waals surface area contributed by atoms with Crippen LogP contribution in [0.4, 0.5) is 0 Å². The van der Waals surface area contributed by atoms with Crippen LogP contribution in [-0.2, 0) is 9.53 Å². The molecule has 0 aromatic carbocycles. The van der Waals surface area contributed by atoms with Crippen molar-refractivity contribution in [2.24, 2.45) is 0 Å². The van der Waals surface area contributed by atoms with Crippen molar-refractivity contribution in [2.45, 2.75) is 25.8 Å². The quantitative estimate of drug-likeness (QED) is 0.492. The molecule has 2 aromatic heterocycles. The number of ether oxygens (including phenoxy) is 1. The highest BCUT2D eigenvalue weighted by Crippen LogP contribution is 2.34. The van der Waals surface area contributed by atoms with E-state index in [0.717, 1.165) is 21.1 Å². The van der Waals surface area contributed by atoms with Crippen LogP contribution in [0.25, 0.3) is 10.2 Å². The van der Waals surface area contributed by atoms with Gasteiger partial charge in [-0.2, -0.15) is 0 Å². The summed E-state index contributed by atoms with van der Waals surface area (Å²) < 4.78 is 4.65. The topological polar surface area (TPSA) is 52.1 Å². The highest BCUT2D eigenvalue weighted by Gasteiger charge is 2.14. The van der Waals surface area contributed by atoms with Crippen LogP contribution in [0.1, 0.15) is 16.3 Å². The highest BCUT2D eigenvalue weighted by molar-refractivity contribution is 8.00. The van der Waals surface area contributed by atoms with Crippen LogP contribution in [-0.4, -0.2) is 28.8 Å². The average Bonchev–Trinajstić information content (AvgIpc) is 2.61. The van der Waals surface area contributed by atoms with E-state index in [2.05, 4.69) is 28.6 Å². The Kier molecular flexibility index (Phi) is 3.87. The van der Waals surface area contributed by atoms with Gasteiger partial charge in [0.25, 0.3) is 0 Å². The number of thiophene rings is 1. The van der Waals surface area contributed by atoms with Gasteiger partial charge in [0, 0.05) is 10.3 Å². The third kappa shape index (κ3) is 2.49. The summed E-state index contributed by atoms with van der Waals surface area (Å²) >= 11 is 3.07. The Morgan fingerprint density at radius 1 is 1.33 bits per heavy atom. The molecule has 0 unspecified atom stereocenters. The predicted octanol–water partition coefficient (Wildman–Crippen LogP) is 2.88. The molecule has 0 aliphatic heterocycles. The standard InChI is InChI=1S/C12H14N2O2S2/c1-6-7(2)18-12-10(6)11(13-8(3)14-12)17-5-9(15)16-4/h5H2,1-4H3. The molecule has 0 bridgehead atoms. The minimum absolute atomic E-state index is 0.242. The van der Waals surface area contributed by atoms with Crippen molar-refractivity contribution in [1.29, 1.82) is 0 Å². The number of nitrogens with zero attached hydrogens (tertiary/aromatic N) is 2. The molecule has 0 spiro atoms. The lowest BCUT2D eigenvalue weighted by Crippen LogP contribution is -2.04. The number of carbonyl (C=O) groups excluding carboxylic acids is 1. The maximum atomic E-state index is 11.2. The molecular formula is C12H14N2O2S2. The summed E-state index contributed by atoms with van der Waals surface area (Å²) in [6.07, 6.45) is 0. The normalized spacial score (nSPS) is 10.9. The number of fused-ring (bicyclic) bond motifs is 1. The first-order chi connectivity index (χ1) is 8.52. The number of rotatable bonds is 3. The van der Waals surface area contributed by atoms with Crippen LogP contribution in [0.3, 0.4) is 0 Å². The van der Waals surface area contributed by atoms with E-state index in [9.17, 15) is 4.79 Å². The first-order valence-electron chi connectivity index (χ1n) is 5.47. The third-order valence-electron chi connectivity index (χ3n) is 2.66. The summed E-state index contributed by atoms with van der Waals surface area (Å²) in [5, 5.41) is 1.93. The van der Waals surface area contributed by atoms with E-state index in [1.54, 1.807) is 11.3 Å². The molecule has 0 amide bonds. The van der Waals surface area contributed by atoms with Crippen LogP contribution in [0.2, 0.25) is 0 Å². The van der Waals surface area contributed by atoms with Crippen LogP contribution >= 0.6 is 23.1 Å². The average molecular weight is 282 g/mol. The Bertz CT molecular complexity index is 608. The van der Waals surface area contributed by atoms with Crippen molar-refractivity contribution >= 4 is 39.3 Å². The van der Waals surface area contributed by atoms with Gasteiger partial charge in [-0.1, -0.05) is 11.8 Å². The van der Waals surface area contributed by atoms with Crippen molar-refractivity contribution < 1.29 is 9.53 Å². The molecular weight excluding hydrogens is 268 g/mol. The van der Waals surface area contributed by atoms with Crippen LogP contribution in [0.15, 0.2) is 5.03 Å². The maximum Gasteiger partial charge on any atom is 0.316 e. The second-order valence-electron chi connectivity index (χ2n) is 3.90. The van der Waals surface area contributed by atoms with E-state index in [1.807, 2.05) is 6.92 Å². The van der Waals surface area contributed by atoms with Gasteiger partial charge in [-0.3, -0.25) is 4.79 Å². The van der Waals surface area contributed by atoms with Crippen LogP contribution in [0.5, 0.6) is 0 Å². The van der Waals surface area contributed by atoms with Gasteiger partial charge in [0.2, 0.25) is 0 Å². The fraction of sp³-hybridized carbons (Fsp3) is 0.417. The van der Waals surface area contributed by atoms with Gasteiger partial charge < -0.3 is 4.74 Å². The number of carbonyl (C=O) groups is 1. The number of thioether (sulfide) groups is 1. The summed E-state index contributed by atoms with van der Waals surface area (Å²) in [7, 11) is 1.39. The lowest BCUT2D eigenvalue weighted by Gasteiger charge is -2.04. The maximum absolute atomic E-state index is 11.2. The van der Waals surface area contributed by atoms with Crippen molar-refractivity contribution in [1.82, 2.24) is 9.97 Å². The summed E-state index contributed by atoms with van der Waals surface area (Å²) in [5.41, 5.74) is 1.20. The molecule has 0 saturated carbocycles. The molecule has 0 radical (unpaired) electrons. The molecule has 96 valence electrons. The SMILES string of the molecule is COC(=O)CSc1nc(C)nc2sc(C)c(C)c12. The highest BCUT2D eigenvalue weighted by atomic mass is 32.2. The summed E-state index contributed by atoms with van der Waals surface area (Å²) in [6.45, 7) is 6.01. The largest absolute Gasteiger partial charge is 0.468 e. The van der Waals surface area contributed by atoms with Gasteiger partial charge in [-0.15, -0.1) is 11.3 Å². The minimum Gasteiger partial charge on any atom is -0.468 e. The van der Waals surface area contributed by atoms with Crippen molar-refractivity contribution in [3.63, 3.8) is 0 Å². The Morgan fingerprint density at radius 3 is 2.72 bits per heavy atom. The number of hydrogen-bond donors (Lipinski definition) is 0. The lowest BCUT2D eigenvalue weighted by molar-refractivity contribution is -0.137. The number of aryl methyl sites for hydroxylation is 3. The smallest absolute Gasteiger partial charge is 0.316 e. The summed E-state index contributed by atoms with van der Waals surface area (Å²) in [6, 6.07) is 0. The Labute approximate surface area is 114 Å². The second kappa shape index (κ2) is 5.24. The predicted molar refractivity (Wildman–Crippen MR) is 74.4 cm³/mol. The van der Waals surface area contributed by atoms with E-state index >= 15 is 0 Å². The van der Waals surface area contributed by atoms with Gasteiger partial charge in [-0.25, -0.2) is 9.97 Å². The third-order valence-corrected chi connectivity index (χ3v) is 4.71. The molecule has 18 heavy (non-hydrogen) atoms. The minimum atomic E-state index is -0.242. The molecule has 0 fully saturated rings. The molecule has 0 N–H and O–H groups in total. The molecule has 6 heteroatoms. The van der Waals surface area contributed by atoms with Crippen LogP contribution in [0, 0.1) is 20.8 Å². The second-order valence-corrected chi connectivity index (χ2v) is 6.07. The zero-order chi connectivity index (χ0) is 13.3. The van der Waals surface area contributed by atoms with Gasteiger partial charge in [-0.05, 0) is 26.3 Å². The van der Waals surface area contributed by atoms with E-state index < -0.39 is 0 Å². The first kappa shape index (κ1) is 13.3. The molecule has 4 nitrogen and oxygen atoms in total. The number of methoxy groups -OCH3 is 1. The zero-order valence-corrected chi connectivity index (χ0v) is 12.4. The van der Waals surface area contributed by atoms with E-state index in [0.29, 0.717) is 0 Å². The molecule has 2 aromatic rings. The fourth-order valence-electron chi connectivity index (χ4n) is 1.61. The molecule has 0 atom stereocenters. The number of hydrogen-bond acceptors (Lipinski definition) is 6. The Balaban J connectivity index is 2.45. The summed E-state index contributed by atoms with van der Waals surface area (Å²) in [5.74, 6) is 0.765. The Morgan fingerprint density at radius 2 is 2.06 bits per heavy atom. The first-order valence-corrected chi connectivity index (χ1v) is 7.27. The Hall–Kier alpha value is -1.14. The molecule has 2 rings (SSSR count). The molecule has 0 saturated heterocycles. The van der Waals surface area contributed by atoms with E-state index in [4.69, 9.17) is 0 Å². The lowest BCUT2D eigenvalue weighted by atomic mass is 10.2. The van der Waals surface area contributed by atoms with Gasteiger partial charge >= 0.3 is 5.97 Å². The number of aromatic nitrogens is 2.